The second-order valence-corrected chi connectivity index (χ2v) is 7.85. The third-order valence-corrected chi connectivity index (χ3v) is 5.28. The predicted molar refractivity (Wildman–Crippen MR) is 129 cm³/mol. The van der Waals surface area contributed by atoms with E-state index in [4.69, 9.17) is 21.1 Å². The van der Waals surface area contributed by atoms with E-state index in [1.807, 2.05) is 0 Å². The lowest BCUT2D eigenvalue weighted by Gasteiger charge is -2.29. The van der Waals surface area contributed by atoms with Crippen molar-refractivity contribution in [1.29, 1.82) is 0 Å². The van der Waals surface area contributed by atoms with Crippen molar-refractivity contribution in [3.8, 4) is 11.5 Å². The molecule has 0 fully saturated rings. The first kappa shape index (κ1) is 23.1. The Balaban J connectivity index is 1.36. The number of carbonyl (C=O) groups excluding carboxylic acids is 3. The fraction of sp³-hybridized carbons (Fsp3) is 0.160. The van der Waals surface area contributed by atoms with Crippen LogP contribution in [0.3, 0.4) is 0 Å². The number of hydrogen-bond donors (Lipinski definition) is 2. The van der Waals surface area contributed by atoms with E-state index < -0.39 is 5.91 Å². The van der Waals surface area contributed by atoms with Crippen LogP contribution >= 0.6 is 11.6 Å². The first-order chi connectivity index (χ1) is 16.5. The molecule has 0 radical (unpaired) electrons. The van der Waals surface area contributed by atoms with Gasteiger partial charge in [-0.1, -0.05) is 29.8 Å². The van der Waals surface area contributed by atoms with Gasteiger partial charge in [0.05, 0.1) is 18.8 Å². The zero-order valence-electron chi connectivity index (χ0n) is 18.1. The van der Waals surface area contributed by atoms with Crippen LogP contribution in [0, 0.1) is 0 Å². The summed E-state index contributed by atoms with van der Waals surface area (Å²) in [5.74, 6) is 0.216. The Hall–Kier alpha value is -4.04. The van der Waals surface area contributed by atoms with Gasteiger partial charge in [-0.25, -0.2) is 0 Å². The van der Waals surface area contributed by atoms with E-state index in [1.54, 1.807) is 77.7 Å². The Morgan fingerprint density at radius 3 is 2.56 bits per heavy atom. The van der Waals surface area contributed by atoms with Crippen molar-refractivity contribution in [3.63, 3.8) is 0 Å². The monoisotopic (exact) mass is 479 g/mol. The van der Waals surface area contributed by atoms with Crippen LogP contribution in [0.25, 0.3) is 0 Å². The maximum absolute atomic E-state index is 12.5. The van der Waals surface area contributed by atoms with Crippen molar-refractivity contribution in [1.82, 2.24) is 5.32 Å². The van der Waals surface area contributed by atoms with Crippen LogP contribution in [0.4, 0.5) is 11.4 Å². The van der Waals surface area contributed by atoms with Gasteiger partial charge in [-0.05, 0) is 54.6 Å². The molecule has 1 aliphatic rings. The van der Waals surface area contributed by atoms with Crippen LogP contribution in [0.1, 0.15) is 10.4 Å². The van der Waals surface area contributed by atoms with Crippen molar-refractivity contribution < 1.29 is 23.9 Å². The first-order valence-corrected chi connectivity index (χ1v) is 11.0. The molecule has 8 nitrogen and oxygen atoms in total. The molecule has 174 valence electrons. The molecular weight excluding hydrogens is 458 g/mol. The lowest BCUT2D eigenvalue weighted by atomic mass is 10.2. The number of rotatable bonds is 8. The van der Waals surface area contributed by atoms with E-state index in [9.17, 15) is 14.4 Å². The summed E-state index contributed by atoms with van der Waals surface area (Å²) in [6.07, 6.45) is 0. The Bertz CT molecular complexity index is 1180. The SMILES string of the molecule is O=C(CNC(=O)c1ccccc1)Nc1ccc2c(c1)N(CCOc1ccc(Cl)cc1)C(=O)CO2. The number of fused-ring (bicyclic) bond motifs is 1. The molecule has 0 aliphatic carbocycles. The van der Waals surface area contributed by atoms with Crippen molar-refractivity contribution >= 4 is 40.7 Å². The summed E-state index contributed by atoms with van der Waals surface area (Å²) in [6.45, 7) is 0.279. The Morgan fingerprint density at radius 1 is 1.03 bits per heavy atom. The molecule has 9 heteroatoms. The number of ether oxygens (including phenoxy) is 2. The summed E-state index contributed by atoms with van der Waals surface area (Å²) in [7, 11) is 0. The van der Waals surface area contributed by atoms with E-state index in [0.717, 1.165) is 0 Å². The fourth-order valence-electron chi connectivity index (χ4n) is 3.37. The van der Waals surface area contributed by atoms with Gasteiger partial charge >= 0.3 is 0 Å². The minimum Gasteiger partial charge on any atom is -0.492 e. The summed E-state index contributed by atoms with van der Waals surface area (Å²) in [6, 6.07) is 20.6. The molecule has 0 unspecified atom stereocenters. The highest BCUT2D eigenvalue weighted by Crippen LogP contribution is 2.34. The smallest absolute Gasteiger partial charge is 0.265 e. The molecule has 0 atom stereocenters. The molecule has 1 heterocycles. The van der Waals surface area contributed by atoms with Gasteiger partial charge in [0.1, 0.15) is 18.1 Å². The molecule has 3 aromatic carbocycles. The fourth-order valence-corrected chi connectivity index (χ4v) is 3.49. The lowest BCUT2D eigenvalue weighted by Crippen LogP contribution is -2.41. The summed E-state index contributed by atoms with van der Waals surface area (Å²) in [5, 5.41) is 5.92. The number of carbonyl (C=O) groups is 3. The van der Waals surface area contributed by atoms with Gasteiger partial charge in [0.15, 0.2) is 6.61 Å². The highest BCUT2D eigenvalue weighted by molar-refractivity contribution is 6.30. The van der Waals surface area contributed by atoms with Gasteiger partial charge in [0, 0.05) is 16.3 Å². The van der Waals surface area contributed by atoms with Gasteiger partial charge in [0.2, 0.25) is 5.91 Å². The quantitative estimate of drug-likeness (QED) is 0.515. The van der Waals surface area contributed by atoms with Crippen molar-refractivity contribution in [2.45, 2.75) is 0 Å². The van der Waals surface area contributed by atoms with Crippen LogP contribution in [0.5, 0.6) is 11.5 Å². The van der Waals surface area contributed by atoms with Gasteiger partial charge < -0.3 is 25.0 Å². The molecule has 0 saturated heterocycles. The highest BCUT2D eigenvalue weighted by Gasteiger charge is 2.26. The maximum atomic E-state index is 12.5. The van der Waals surface area contributed by atoms with Gasteiger partial charge in [-0.3, -0.25) is 14.4 Å². The number of halogens is 1. The Kier molecular flexibility index (Phi) is 7.29. The molecule has 0 saturated carbocycles. The zero-order valence-corrected chi connectivity index (χ0v) is 18.9. The third kappa shape index (κ3) is 5.85. The van der Waals surface area contributed by atoms with E-state index in [2.05, 4.69) is 10.6 Å². The van der Waals surface area contributed by atoms with E-state index in [1.165, 1.54) is 0 Å². The molecule has 3 amide bonds. The van der Waals surface area contributed by atoms with E-state index in [-0.39, 0.29) is 31.6 Å². The number of nitrogens with one attached hydrogen (secondary N) is 2. The lowest BCUT2D eigenvalue weighted by molar-refractivity contribution is -0.121. The first-order valence-electron chi connectivity index (χ1n) is 10.6. The molecule has 34 heavy (non-hydrogen) atoms. The third-order valence-electron chi connectivity index (χ3n) is 5.03. The van der Waals surface area contributed by atoms with Gasteiger partial charge in [0.25, 0.3) is 11.8 Å². The van der Waals surface area contributed by atoms with Crippen LogP contribution < -0.4 is 25.0 Å². The van der Waals surface area contributed by atoms with Crippen molar-refractivity contribution in [3.05, 3.63) is 83.4 Å². The predicted octanol–water partition coefficient (Wildman–Crippen LogP) is 3.51. The molecule has 2 N–H and O–H groups in total. The highest BCUT2D eigenvalue weighted by atomic mass is 35.5. The molecule has 0 bridgehead atoms. The molecular formula is C25H22ClN3O5. The largest absolute Gasteiger partial charge is 0.492 e. The summed E-state index contributed by atoms with van der Waals surface area (Å²) >= 11 is 5.88. The minimum atomic E-state index is -0.398. The average Bonchev–Trinajstić information content (AvgIpc) is 2.85. The minimum absolute atomic E-state index is 0.0782. The normalized spacial score (nSPS) is 12.4. The van der Waals surface area contributed by atoms with Crippen LogP contribution in [-0.4, -0.2) is 44.0 Å². The molecule has 1 aliphatic heterocycles. The zero-order chi connectivity index (χ0) is 23.9. The summed E-state index contributed by atoms with van der Waals surface area (Å²) in [5.41, 5.74) is 1.47. The van der Waals surface area contributed by atoms with Gasteiger partial charge in [-0.2, -0.15) is 0 Å². The van der Waals surface area contributed by atoms with E-state index in [0.29, 0.717) is 40.0 Å². The Labute approximate surface area is 201 Å². The van der Waals surface area contributed by atoms with Crippen LogP contribution in [0.2, 0.25) is 5.02 Å². The molecule has 3 aromatic rings. The van der Waals surface area contributed by atoms with Crippen molar-refractivity contribution in [2.75, 3.05) is 36.5 Å². The number of nitrogens with zero attached hydrogens (tertiary/aromatic N) is 1. The van der Waals surface area contributed by atoms with Crippen LogP contribution in [0.15, 0.2) is 72.8 Å². The summed E-state index contributed by atoms with van der Waals surface area (Å²) in [4.78, 5) is 38.5. The van der Waals surface area contributed by atoms with Crippen LogP contribution in [-0.2, 0) is 9.59 Å². The Morgan fingerprint density at radius 2 is 1.79 bits per heavy atom. The molecule has 0 spiro atoms. The van der Waals surface area contributed by atoms with E-state index >= 15 is 0 Å². The maximum Gasteiger partial charge on any atom is 0.265 e. The summed E-state index contributed by atoms with van der Waals surface area (Å²) < 4.78 is 11.2. The number of anilines is 2. The average molecular weight is 480 g/mol. The number of amides is 3. The number of benzene rings is 3. The molecule has 4 rings (SSSR count). The number of hydrogen-bond acceptors (Lipinski definition) is 5. The van der Waals surface area contributed by atoms with Crippen molar-refractivity contribution in [2.24, 2.45) is 0 Å². The standard InChI is InChI=1S/C25H22ClN3O5/c26-18-6-9-20(10-7-18)33-13-12-29-21-14-19(8-11-22(21)34-16-24(29)31)28-23(30)15-27-25(32)17-4-2-1-3-5-17/h1-11,14H,12-13,15-16H2,(H,27,32)(H,28,30). The second-order valence-electron chi connectivity index (χ2n) is 7.42. The topological polar surface area (TPSA) is 97.0 Å². The van der Waals surface area contributed by atoms with Gasteiger partial charge in [-0.15, -0.1) is 0 Å². The molecule has 0 aromatic heterocycles. The second kappa shape index (κ2) is 10.7.